The number of carbonyl (C=O) groups excluding carboxylic acids is 1. The van der Waals surface area contributed by atoms with E-state index < -0.39 is 13.0 Å². The van der Waals surface area contributed by atoms with Crippen molar-refractivity contribution in [3.63, 3.8) is 0 Å². The second-order valence-electron chi connectivity index (χ2n) is 6.95. The molecule has 0 saturated heterocycles. The first-order valence-electron chi connectivity index (χ1n) is 8.82. The molecule has 0 aliphatic heterocycles. The van der Waals surface area contributed by atoms with E-state index in [9.17, 15) is 9.36 Å². The smallest absolute Gasteiger partial charge is 0.271 e. The summed E-state index contributed by atoms with van der Waals surface area (Å²) in [6.45, 7) is 0. The highest BCUT2D eigenvalue weighted by Crippen LogP contribution is 2.70. The first kappa shape index (κ1) is 18.3. The van der Waals surface area contributed by atoms with E-state index in [1.54, 1.807) is 13.2 Å². The Hall–Kier alpha value is -2.11. The van der Waals surface area contributed by atoms with Crippen molar-refractivity contribution in [2.24, 2.45) is 5.73 Å². The van der Waals surface area contributed by atoms with E-state index in [2.05, 4.69) is 15.5 Å². The summed E-state index contributed by atoms with van der Waals surface area (Å²) < 4.78 is 19.6. The van der Waals surface area contributed by atoms with Crippen LogP contribution in [-0.2, 0) is 4.57 Å². The number of aromatic nitrogens is 2. The molecular formula is C18H20ClN4O3P. The molecule has 0 spiro atoms. The molecule has 3 N–H and O–H groups in total. The standard InChI is InChI=1S/C18H20ClN4O3P/c1-26-17-12(21-13-9-15(19)22-23-16(13)18(20)24)3-2-4-14(17)27(25,10-5-6-10)11-7-8-11/h2-4,9-11H,5-8H2,1H3,(H2,20,24)(H,21,22). The van der Waals surface area contributed by atoms with E-state index in [1.807, 2.05) is 12.1 Å². The van der Waals surface area contributed by atoms with Crippen LogP contribution >= 0.6 is 18.7 Å². The Labute approximate surface area is 162 Å². The lowest BCUT2D eigenvalue weighted by Crippen LogP contribution is -2.18. The van der Waals surface area contributed by atoms with Gasteiger partial charge in [0.25, 0.3) is 5.91 Å². The van der Waals surface area contributed by atoms with Crippen LogP contribution in [0.5, 0.6) is 5.75 Å². The zero-order valence-electron chi connectivity index (χ0n) is 14.8. The van der Waals surface area contributed by atoms with Gasteiger partial charge in [-0.05, 0) is 37.8 Å². The van der Waals surface area contributed by atoms with Gasteiger partial charge < -0.3 is 20.4 Å². The van der Waals surface area contributed by atoms with Crippen LogP contribution in [0.4, 0.5) is 11.4 Å². The van der Waals surface area contributed by atoms with Crippen LogP contribution < -0.4 is 21.1 Å². The lowest BCUT2D eigenvalue weighted by Gasteiger charge is -2.23. The number of rotatable bonds is 7. The third-order valence-corrected chi connectivity index (χ3v) is 9.51. The highest BCUT2D eigenvalue weighted by Gasteiger charge is 2.53. The second kappa shape index (κ2) is 6.80. The van der Waals surface area contributed by atoms with Crippen molar-refractivity contribution in [3.05, 3.63) is 35.1 Å². The number of benzene rings is 1. The van der Waals surface area contributed by atoms with E-state index in [0.29, 0.717) is 17.1 Å². The van der Waals surface area contributed by atoms with Crippen LogP contribution in [0.3, 0.4) is 0 Å². The number of amides is 1. The molecule has 27 heavy (non-hydrogen) atoms. The largest absolute Gasteiger partial charge is 0.494 e. The summed E-state index contributed by atoms with van der Waals surface area (Å²) >= 11 is 5.92. The summed E-state index contributed by atoms with van der Waals surface area (Å²) in [4.78, 5) is 11.7. The zero-order chi connectivity index (χ0) is 19.2. The third-order valence-electron chi connectivity index (χ3n) is 5.02. The van der Waals surface area contributed by atoms with Gasteiger partial charge in [-0.3, -0.25) is 4.79 Å². The predicted molar refractivity (Wildman–Crippen MR) is 105 cm³/mol. The van der Waals surface area contributed by atoms with Gasteiger partial charge in [0.2, 0.25) is 0 Å². The molecule has 0 atom stereocenters. The van der Waals surface area contributed by atoms with Gasteiger partial charge in [-0.2, -0.15) is 0 Å². The van der Waals surface area contributed by atoms with Crippen molar-refractivity contribution >= 4 is 41.3 Å². The van der Waals surface area contributed by atoms with E-state index in [1.165, 1.54) is 6.07 Å². The van der Waals surface area contributed by atoms with Gasteiger partial charge in [-0.1, -0.05) is 17.7 Å². The van der Waals surface area contributed by atoms with Crippen molar-refractivity contribution in [2.45, 2.75) is 37.0 Å². The highest BCUT2D eigenvalue weighted by atomic mass is 35.5. The van der Waals surface area contributed by atoms with Crippen LogP contribution in [0, 0.1) is 0 Å². The molecule has 2 aliphatic carbocycles. The summed E-state index contributed by atoms with van der Waals surface area (Å²) in [5.41, 5.74) is 6.78. The molecule has 2 aliphatic rings. The van der Waals surface area contributed by atoms with E-state index in [0.717, 1.165) is 31.0 Å². The maximum absolute atomic E-state index is 13.9. The SMILES string of the molecule is COc1c(Nc2cc(Cl)nnc2C(N)=O)cccc1P(=O)(C1CC1)C1CC1. The molecule has 4 rings (SSSR count). The first-order chi connectivity index (χ1) is 12.9. The van der Waals surface area contributed by atoms with Crippen molar-refractivity contribution in [3.8, 4) is 5.75 Å². The molecule has 0 bridgehead atoms. The number of primary amides is 1. The number of methoxy groups -OCH3 is 1. The number of nitrogens with zero attached hydrogens (tertiary/aromatic N) is 2. The van der Waals surface area contributed by atoms with Crippen LogP contribution in [0.2, 0.25) is 5.15 Å². The topological polar surface area (TPSA) is 107 Å². The van der Waals surface area contributed by atoms with Gasteiger partial charge in [-0.15, -0.1) is 10.2 Å². The quantitative estimate of drug-likeness (QED) is 0.683. The van der Waals surface area contributed by atoms with Crippen LogP contribution in [0.25, 0.3) is 0 Å². The van der Waals surface area contributed by atoms with Crippen molar-refractivity contribution in [1.82, 2.24) is 10.2 Å². The Balaban J connectivity index is 1.78. The Morgan fingerprint density at radius 3 is 2.44 bits per heavy atom. The predicted octanol–water partition coefficient (Wildman–Crippen LogP) is 3.29. The Morgan fingerprint density at radius 1 is 1.22 bits per heavy atom. The molecule has 2 aromatic rings. The lowest BCUT2D eigenvalue weighted by atomic mass is 10.2. The number of carbonyl (C=O) groups is 1. The van der Waals surface area contributed by atoms with Crippen molar-refractivity contribution in [2.75, 3.05) is 12.4 Å². The molecule has 2 saturated carbocycles. The summed E-state index contributed by atoms with van der Waals surface area (Å²) in [5.74, 6) is -0.193. The monoisotopic (exact) mass is 406 g/mol. The molecule has 0 unspecified atom stereocenters. The zero-order valence-corrected chi connectivity index (χ0v) is 16.5. The van der Waals surface area contributed by atoms with Crippen LogP contribution in [0.15, 0.2) is 24.3 Å². The number of halogens is 1. The number of anilines is 2. The fraction of sp³-hybridized carbons (Fsp3) is 0.389. The number of hydrogen-bond acceptors (Lipinski definition) is 6. The minimum Gasteiger partial charge on any atom is -0.494 e. The summed E-state index contributed by atoms with van der Waals surface area (Å²) in [5, 5.41) is 11.4. The van der Waals surface area contributed by atoms with E-state index in [4.69, 9.17) is 22.1 Å². The lowest BCUT2D eigenvalue weighted by molar-refractivity contribution is 0.0995. The highest BCUT2D eigenvalue weighted by molar-refractivity contribution is 7.73. The van der Waals surface area contributed by atoms with Gasteiger partial charge in [0.1, 0.15) is 7.14 Å². The molecule has 0 radical (unpaired) electrons. The van der Waals surface area contributed by atoms with Crippen LogP contribution in [0.1, 0.15) is 36.2 Å². The second-order valence-corrected chi connectivity index (χ2v) is 10.7. The number of nitrogens with two attached hydrogens (primary N) is 1. The number of hydrogen-bond donors (Lipinski definition) is 2. The molecule has 1 heterocycles. The molecule has 2 fully saturated rings. The normalized spacial score (nSPS) is 16.8. The van der Waals surface area contributed by atoms with Gasteiger partial charge in [0.05, 0.1) is 23.8 Å². The Kier molecular flexibility index (Phi) is 4.60. The van der Waals surface area contributed by atoms with Gasteiger partial charge >= 0.3 is 0 Å². The molecule has 7 nitrogen and oxygen atoms in total. The van der Waals surface area contributed by atoms with Crippen molar-refractivity contribution < 1.29 is 14.1 Å². The summed E-state index contributed by atoms with van der Waals surface area (Å²) in [6, 6.07) is 7.01. The van der Waals surface area contributed by atoms with E-state index >= 15 is 0 Å². The minimum atomic E-state index is -2.53. The molecule has 1 aromatic heterocycles. The number of para-hydroxylation sites is 1. The first-order valence-corrected chi connectivity index (χ1v) is 11.0. The third kappa shape index (κ3) is 3.30. The number of nitrogens with one attached hydrogen (secondary N) is 1. The fourth-order valence-electron chi connectivity index (χ4n) is 3.51. The Morgan fingerprint density at radius 2 is 1.89 bits per heavy atom. The van der Waals surface area contributed by atoms with Crippen molar-refractivity contribution in [1.29, 1.82) is 0 Å². The average Bonchev–Trinajstić information content (AvgIpc) is 3.53. The minimum absolute atomic E-state index is 0.0283. The van der Waals surface area contributed by atoms with Gasteiger partial charge in [0, 0.05) is 17.4 Å². The van der Waals surface area contributed by atoms with Gasteiger partial charge in [-0.25, -0.2) is 0 Å². The maximum atomic E-state index is 13.9. The fourth-order valence-corrected chi connectivity index (χ4v) is 7.72. The van der Waals surface area contributed by atoms with Crippen LogP contribution in [-0.4, -0.2) is 34.5 Å². The molecule has 142 valence electrons. The number of ether oxygens (including phenoxy) is 1. The molecule has 9 heteroatoms. The average molecular weight is 407 g/mol. The molecule has 1 aromatic carbocycles. The Bertz CT molecular complexity index is 944. The summed E-state index contributed by atoms with van der Waals surface area (Å²) in [6.07, 6.45) is 4.02. The van der Waals surface area contributed by atoms with E-state index in [-0.39, 0.29) is 22.2 Å². The van der Waals surface area contributed by atoms with Gasteiger partial charge in [0.15, 0.2) is 16.6 Å². The summed E-state index contributed by atoms with van der Waals surface area (Å²) in [7, 11) is -0.974. The maximum Gasteiger partial charge on any atom is 0.271 e. The molecule has 1 amide bonds. The molecular weight excluding hydrogens is 387 g/mol.